The van der Waals surface area contributed by atoms with E-state index in [2.05, 4.69) is 18.8 Å². The molecular formula is C13H21NOS. The van der Waals surface area contributed by atoms with Gasteiger partial charge in [-0.3, -0.25) is 0 Å². The third kappa shape index (κ3) is 2.16. The third-order valence-corrected chi connectivity index (χ3v) is 5.02. The fraction of sp³-hybridized carbons (Fsp3) is 0.769. The lowest BCUT2D eigenvalue weighted by Gasteiger charge is -2.34. The van der Waals surface area contributed by atoms with Gasteiger partial charge in [-0.25, -0.2) is 4.98 Å². The Morgan fingerprint density at radius 2 is 2.00 bits per heavy atom. The minimum Gasteiger partial charge on any atom is -0.371 e. The smallest absolute Gasteiger partial charge is 0.125 e. The molecule has 0 spiro atoms. The van der Waals surface area contributed by atoms with Crippen LogP contribution in [0.15, 0.2) is 6.20 Å². The van der Waals surface area contributed by atoms with Gasteiger partial charge in [0.25, 0.3) is 0 Å². The Morgan fingerprint density at radius 1 is 1.31 bits per heavy atom. The Morgan fingerprint density at radius 3 is 2.50 bits per heavy atom. The van der Waals surface area contributed by atoms with Crippen LogP contribution >= 0.6 is 11.3 Å². The molecule has 1 aromatic rings. The number of ether oxygens (including phenoxy) is 1. The van der Waals surface area contributed by atoms with Gasteiger partial charge < -0.3 is 4.74 Å². The molecule has 0 atom stereocenters. The SMILES string of the molecule is COC1(c2ncc(C(C)C)s2)CCCCC1. The molecule has 1 saturated carbocycles. The zero-order valence-corrected chi connectivity index (χ0v) is 11.3. The molecule has 0 N–H and O–H groups in total. The topological polar surface area (TPSA) is 22.1 Å². The number of thiazole rings is 1. The van der Waals surface area contributed by atoms with E-state index >= 15 is 0 Å². The Bertz CT molecular complexity index is 339. The molecule has 2 rings (SSSR count). The average Bonchev–Trinajstić information content (AvgIpc) is 2.80. The van der Waals surface area contributed by atoms with Crippen LogP contribution in [0, 0.1) is 0 Å². The number of hydrogen-bond acceptors (Lipinski definition) is 3. The summed E-state index contributed by atoms with van der Waals surface area (Å²) in [7, 11) is 1.84. The lowest BCUT2D eigenvalue weighted by atomic mass is 9.85. The van der Waals surface area contributed by atoms with Crippen molar-refractivity contribution in [3.05, 3.63) is 16.1 Å². The van der Waals surface area contributed by atoms with Gasteiger partial charge in [-0.1, -0.05) is 33.1 Å². The summed E-state index contributed by atoms with van der Waals surface area (Å²) in [5.41, 5.74) is -0.0734. The van der Waals surface area contributed by atoms with E-state index in [1.54, 1.807) is 0 Å². The first-order valence-electron chi connectivity index (χ1n) is 6.19. The van der Waals surface area contributed by atoms with Gasteiger partial charge in [-0.15, -0.1) is 11.3 Å². The first-order valence-corrected chi connectivity index (χ1v) is 7.01. The molecule has 1 aromatic heterocycles. The maximum atomic E-state index is 5.81. The van der Waals surface area contributed by atoms with Gasteiger partial charge in [0.2, 0.25) is 0 Å². The number of methoxy groups -OCH3 is 1. The molecule has 1 heterocycles. The number of hydrogen-bond donors (Lipinski definition) is 0. The van der Waals surface area contributed by atoms with Crippen LogP contribution in [0.4, 0.5) is 0 Å². The summed E-state index contributed by atoms with van der Waals surface area (Å²) < 4.78 is 5.81. The Balaban J connectivity index is 2.25. The van der Waals surface area contributed by atoms with E-state index in [-0.39, 0.29) is 5.60 Å². The van der Waals surface area contributed by atoms with Crippen LogP contribution in [0.25, 0.3) is 0 Å². The zero-order chi connectivity index (χ0) is 11.6. The standard InChI is InChI=1S/C13H21NOS/c1-10(2)11-9-14-12(16-11)13(15-3)7-5-4-6-8-13/h9-10H,4-8H2,1-3H3. The van der Waals surface area contributed by atoms with E-state index in [4.69, 9.17) is 4.74 Å². The molecule has 0 saturated heterocycles. The van der Waals surface area contributed by atoms with Crippen molar-refractivity contribution in [1.29, 1.82) is 0 Å². The van der Waals surface area contributed by atoms with Crippen LogP contribution in [-0.2, 0) is 10.3 Å². The molecule has 1 aliphatic carbocycles. The summed E-state index contributed by atoms with van der Waals surface area (Å²) in [6, 6.07) is 0. The Labute approximate surface area is 102 Å². The number of aromatic nitrogens is 1. The van der Waals surface area contributed by atoms with Gasteiger partial charge >= 0.3 is 0 Å². The van der Waals surface area contributed by atoms with Gasteiger partial charge in [0.15, 0.2) is 0 Å². The number of nitrogens with zero attached hydrogens (tertiary/aromatic N) is 1. The maximum absolute atomic E-state index is 5.81. The largest absolute Gasteiger partial charge is 0.371 e. The molecule has 2 nitrogen and oxygen atoms in total. The van der Waals surface area contributed by atoms with Gasteiger partial charge in [-0.2, -0.15) is 0 Å². The first-order chi connectivity index (χ1) is 7.68. The van der Waals surface area contributed by atoms with Crippen molar-refractivity contribution in [2.24, 2.45) is 0 Å². The minimum atomic E-state index is -0.0734. The van der Waals surface area contributed by atoms with Crippen molar-refractivity contribution in [1.82, 2.24) is 4.98 Å². The minimum absolute atomic E-state index is 0.0734. The van der Waals surface area contributed by atoms with Crippen molar-refractivity contribution in [2.45, 2.75) is 57.5 Å². The van der Waals surface area contributed by atoms with Gasteiger partial charge in [0, 0.05) is 18.2 Å². The fourth-order valence-electron chi connectivity index (χ4n) is 2.39. The molecule has 3 heteroatoms. The molecule has 1 fully saturated rings. The second kappa shape index (κ2) is 4.84. The highest BCUT2D eigenvalue weighted by atomic mass is 32.1. The molecule has 0 radical (unpaired) electrons. The molecule has 0 unspecified atom stereocenters. The third-order valence-electron chi connectivity index (χ3n) is 3.53. The molecule has 0 aromatic carbocycles. The summed E-state index contributed by atoms with van der Waals surface area (Å²) in [5.74, 6) is 0.573. The fourth-order valence-corrected chi connectivity index (χ4v) is 3.54. The van der Waals surface area contributed by atoms with Gasteiger partial charge in [-0.05, 0) is 18.8 Å². The van der Waals surface area contributed by atoms with Crippen molar-refractivity contribution in [2.75, 3.05) is 7.11 Å². The van der Waals surface area contributed by atoms with E-state index in [9.17, 15) is 0 Å². The quantitative estimate of drug-likeness (QED) is 0.793. The Kier molecular flexibility index (Phi) is 3.65. The highest BCUT2D eigenvalue weighted by Gasteiger charge is 2.36. The van der Waals surface area contributed by atoms with Crippen LogP contribution in [0.5, 0.6) is 0 Å². The zero-order valence-electron chi connectivity index (χ0n) is 10.5. The van der Waals surface area contributed by atoms with Crippen molar-refractivity contribution in [3.8, 4) is 0 Å². The maximum Gasteiger partial charge on any atom is 0.125 e. The van der Waals surface area contributed by atoms with E-state index < -0.39 is 0 Å². The van der Waals surface area contributed by atoms with E-state index in [1.807, 2.05) is 24.6 Å². The molecule has 1 aliphatic rings. The monoisotopic (exact) mass is 239 g/mol. The molecule has 90 valence electrons. The van der Waals surface area contributed by atoms with Crippen LogP contribution in [-0.4, -0.2) is 12.1 Å². The van der Waals surface area contributed by atoms with Gasteiger partial charge in [0.1, 0.15) is 10.6 Å². The summed E-state index contributed by atoms with van der Waals surface area (Å²) in [4.78, 5) is 5.97. The lowest BCUT2D eigenvalue weighted by molar-refractivity contribution is -0.0446. The van der Waals surface area contributed by atoms with Crippen LogP contribution in [0.1, 0.15) is 61.8 Å². The first kappa shape index (κ1) is 12.1. The summed E-state index contributed by atoms with van der Waals surface area (Å²) in [5, 5.41) is 1.19. The highest BCUT2D eigenvalue weighted by molar-refractivity contribution is 7.11. The van der Waals surface area contributed by atoms with E-state index in [1.165, 1.54) is 29.1 Å². The van der Waals surface area contributed by atoms with Crippen molar-refractivity contribution in [3.63, 3.8) is 0 Å². The highest BCUT2D eigenvalue weighted by Crippen LogP contribution is 2.42. The van der Waals surface area contributed by atoms with Crippen LogP contribution < -0.4 is 0 Å². The Hall–Kier alpha value is -0.410. The van der Waals surface area contributed by atoms with E-state index in [0.29, 0.717) is 5.92 Å². The van der Waals surface area contributed by atoms with Crippen LogP contribution in [0.2, 0.25) is 0 Å². The molecule has 16 heavy (non-hydrogen) atoms. The molecule has 0 aliphatic heterocycles. The van der Waals surface area contributed by atoms with Crippen molar-refractivity contribution < 1.29 is 4.74 Å². The molecular weight excluding hydrogens is 218 g/mol. The molecule has 0 amide bonds. The summed E-state index contributed by atoms with van der Waals surface area (Å²) in [6.07, 6.45) is 8.17. The molecule has 0 bridgehead atoms. The second-order valence-corrected chi connectivity index (χ2v) is 6.04. The normalized spacial score (nSPS) is 20.2. The predicted molar refractivity (Wildman–Crippen MR) is 68.0 cm³/mol. The summed E-state index contributed by atoms with van der Waals surface area (Å²) in [6.45, 7) is 4.44. The summed E-state index contributed by atoms with van der Waals surface area (Å²) >= 11 is 1.83. The second-order valence-electron chi connectivity index (χ2n) is 4.98. The van der Waals surface area contributed by atoms with Gasteiger partial charge in [0.05, 0.1) is 0 Å². The number of rotatable bonds is 3. The van der Waals surface area contributed by atoms with Crippen molar-refractivity contribution >= 4 is 11.3 Å². The lowest BCUT2D eigenvalue weighted by Crippen LogP contribution is -2.30. The van der Waals surface area contributed by atoms with Crippen LogP contribution in [0.3, 0.4) is 0 Å². The average molecular weight is 239 g/mol. The van der Waals surface area contributed by atoms with E-state index in [0.717, 1.165) is 12.8 Å². The predicted octanol–water partition coefficient (Wildman–Crippen LogP) is 4.07.